The number of carbonyl (C=O) groups is 1. The van der Waals surface area contributed by atoms with Crippen molar-refractivity contribution in [3.63, 3.8) is 0 Å². The highest BCUT2D eigenvalue weighted by Gasteiger charge is 2.33. The van der Waals surface area contributed by atoms with Crippen molar-refractivity contribution in [3.8, 4) is 16.3 Å². The molecule has 3 heterocycles. The molecular weight excluding hydrogens is 428 g/mol. The minimum Gasteiger partial charge on any atom is -0.503 e. The maximum atomic E-state index is 13.9. The fourth-order valence-electron chi connectivity index (χ4n) is 3.52. The Balaban J connectivity index is 1.71. The van der Waals surface area contributed by atoms with Crippen molar-refractivity contribution in [2.24, 2.45) is 0 Å². The van der Waals surface area contributed by atoms with E-state index >= 15 is 0 Å². The van der Waals surface area contributed by atoms with E-state index in [1.807, 2.05) is 13.8 Å². The third-order valence-electron chi connectivity index (χ3n) is 5.07. The lowest BCUT2D eigenvalue weighted by molar-refractivity contribution is -0.0378. The number of fused-ring (bicyclic) bond motifs is 1. The van der Waals surface area contributed by atoms with Gasteiger partial charge in [-0.1, -0.05) is 24.3 Å². The second kappa shape index (κ2) is 8.16. The van der Waals surface area contributed by atoms with Crippen LogP contribution in [0.4, 0.5) is 8.78 Å². The number of aromatic hydroxyl groups is 1. The van der Waals surface area contributed by atoms with Gasteiger partial charge < -0.3 is 9.67 Å². The summed E-state index contributed by atoms with van der Waals surface area (Å²) in [6, 6.07) is 3.28. The van der Waals surface area contributed by atoms with E-state index in [9.17, 15) is 23.5 Å². The van der Waals surface area contributed by atoms with Gasteiger partial charge in [0, 0.05) is 31.8 Å². The van der Waals surface area contributed by atoms with E-state index in [1.165, 1.54) is 21.8 Å². The van der Waals surface area contributed by atoms with E-state index in [-0.39, 0.29) is 34.9 Å². The van der Waals surface area contributed by atoms with Crippen LogP contribution in [0.3, 0.4) is 0 Å². The Morgan fingerprint density at radius 2 is 1.94 bits per heavy atom. The van der Waals surface area contributed by atoms with Gasteiger partial charge in [0.15, 0.2) is 16.5 Å². The average Bonchev–Trinajstić information content (AvgIpc) is 3.20. The first-order valence-electron chi connectivity index (χ1n) is 9.63. The summed E-state index contributed by atoms with van der Waals surface area (Å²) < 4.78 is 28.6. The van der Waals surface area contributed by atoms with Gasteiger partial charge in [-0.3, -0.25) is 14.6 Å². The summed E-state index contributed by atoms with van der Waals surface area (Å²) in [5.41, 5.74) is -0.453. The van der Waals surface area contributed by atoms with Gasteiger partial charge in [0.2, 0.25) is 5.43 Å². The number of nitrogens with zero attached hydrogens (tertiary/aromatic N) is 5. The molecule has 0 fully saturated rings. The van der Waals surface area contributed by atoms with Crippen LogP contribution < -0.4 is 5.43 Å². The maximum absolute atomic E-state index is 13.9. The van der Waals surface area contributed by atoms with Crippen LogP contribution in [0.2, 0.25) is 0 Å². The lowest BCUT2D eigenvalue weighted by Crippen LogP contribution is -2.52. The number of benzene rings is 1. The van der Waals surface area contributed by atoms with Gasteiger partial charge in [0.25, 0.3) is 5.91 Å². The Morgan fingerprint density at radius 1 is 1.16 bits per heavy atom. The molecule has 0 bridgehead atoms. The van der Waals surface area contributed by atoms with Gasteiger partial charge in [-0.2, -0.15) is 5.01 Å². The van der Waals surface area contributed by atoms with Gasteiger partial charge in [-0.05, 0) is 18.6 Å². The molecule has 1 aliphatic heterocycles. The first-order valence-corrected chi connectivity index (χ1v) is 10.5. The molecule has 4 rings (SSSR count). The number of hydrogen-bond acceptors (Lipinski definition) is 7. The van der Waals surface area contributed by atoms with Crippen molar-refractivity contribution in [1.82, 2.24) is 24.8 Å². The van der Waals surface area contributed by atoms with Crippen LogP contribution in [0.1, 0.15) is 34.9 Å². The Bertz CT molecular complexity index is 1230. The monoisotopic (exact) mass is 447 g/mol. The van der Waals surface area contributed by atoms with Gasteiger partial charge >= 0.3 is 0 Å². The summed E-state index contributed by atoms with van der Waals surface area (Å²) in [7, 11) is 0. The molecule has 1 amide bonds. The summed E-state index contributed by atoms with van der Waals surface area (Å²) in [5.74, 6) is -2.46. The topological polar surface area (TPSA) is 91.6 Å². The molecular formula is C20H19F2N5O3S. The second-order valence-electron chi connectivity index (χ2n) is 6.94. The molecule has 0 unspecified atom stereocenters. The molecule has 162 valence electrons. The maximum Gasteiger partial charge on any atom is 0.288 e. The molecule has 2 aromatic heterocycles. The highest BCUT2D eigenvalue weighted by Crippen LogP contribution is 2.28. The van der Waals surface area contributed by atoms with Crippen LogP contribution >= 0.6 is 11.3 Å². The van der Waals surface area contributed by atoms with Gasteiger partial charge in [-0.25, -0.2) is 8.78 Å². The molecule has 11 heteroatoms. The molecule has 0 saturated heterocycles. The molecule has 0 saturated carbocycles. The molecule has 31 heavy (non-hydrogen) atoms. The highest BCUT2D eigenvalue weighted by molar-refractivity contribution is 7.14. The quantitative estimate of drug-likeness (QED) is 0.647. The largest absolute Gasteiger partial charge is 0.503 e. The lowest BCUT2D eigenvalue weighted by atomic mass is 10.1. The molecule has 0 aliphatic carbocycles. The molecule has 1 aliphatic rings. The minimum absolute atomic E-state index is 0.0709. The van der Waals surface area contributed by atoms with E-state index in [4.69, 9.17) is 0 Å². The number of aromatic nitrogens is 3. The fraction of sp³-hybridized carbons (Fsp3) is 0.300. The lowest BCUT2D eigenvalue weighted by Gasteiger charge is -2.39. The molecule has 3 aromatic rings. The Morgan fingerprint density at radius 3 is 2.61 bits per heavy atom. The summed E-state index contributed by atoms with van der Waals surface area (Å²) in [6.45, 7) is 4.95. The van der Waals surface area contributed by atoms with Crippen molar-refractivity contribution in [2.45, 2.75) is 26.9 Å². The molecule has 0 atom stereocenters. The van der Waals surface area contributed by atoms with Crippen LogP contribution in [-0.2, 0) is 13.1 Å². The highest BCUT2D eigenvalue weighted by atomic mass is 32.1. The zero-order valence-corrected chi connectivity index (χ0v) is 17.6. The van der Waals surface area contributed by atoms with Crippen molar-refractivity contribution < 1.29 is 18.7 Å². The number of rotatable bonds is 5. The number of pyridine rings is 1. The van der Waals surface area contributed by atoms with Crippen LogP contribution in [-0.4, -0.2) is 48.9 Å². The third kappa shape index (κ3) is 3.70. The van der Waals surface area contributed by atoms with E-state index in [1.54, 1.807) is 5.01 Å². The van der Waals surface area contributed by atoms with Gasteiger partial charge in [0.1, 0.15) is 16.6 Å². The standard InChI is InChI=1S/C20H19F2N5O3S/c1-3-26-10-25-9-13(17(28)18(29)16(25)20(30)27(26)4-2)19-24-23-15(31-19)7-11-5-6-12(21)8-14(11)22/h5-6,8-9,29H,3-4,7,10H2,1-2H3. The van der Waals surface area contributed by atoms with Crippen molar-refractivity contribution in [3.05, 3.63) is 62.5 Å². The van der Waals surface area contributed by atoms with E-state index in [0.717, 1.165) is 23.5 Å². The van der Waals surface area contributed by atoms with Crippen LogP contribution in [0.25, 0.3) is 10.6 Å². The number of amides is 1. The number of carbonyl (C=O) groups excluding carboxylic acids is 1. The molecule has 0 spiro atoms. The van der Waals surface area contributed by atoms with Gasteiger partial charge in [-0.15, -0.1) is 10.2 Å². The zero-order valence-electron chi connectivity index (χ0n) is 16.8. The summed E-state index contributed by atoms with van der Waals surface area (Å²) in [4.78, 5) is 25.6. The van der Waals surface area contributed by atoms with E-state index < -0.39 is 28.7 Å². The summed E-state index contributed by atoms with van der Waals surface area (Å²) >= 11 is 1.06. The van der Waals surface area contributed by atoms with Crippen molar-refractivity contribution in [2.75, 3.05) is 13.1 Å². The predicted octanol–water partition coefficient (Wildman–Crippen LogP) is 2.61. The van der Waals surface area contributed by atoms with Crippen LogP contribution in [0.15, 0.2) is 29.2 Å². The van der Waals surface area contributed by atoms with Crippen molar-refractivity contribution >= 4 is 17.2 Å². The van der Waals surface area contributed by atoms with E-state index in [0.29, 0.717) is 18.1 Å². The summed E-state index contributed by atoms with van der Waals surface area (Å²) in [6.07, 6.45) is 1.56. The zero-order chi connectivity index (χ0) is 22.3. The second-order valence-corrected chi connectivity index (χ2v) is 8.00. The third-order valence-corrected chi connectivity index (χ3v) is 6.03. The Labute approximate surface area is 180 Å². The number of hydrogen-bond donors (Lipinski definition) is 1. The SMILES string of the molecule is CCN1Cn2cc(-c3nnc(Cc4ccc(F)cc4F)s3)c(=O)c(O)c2C(=O)N1CC. The Kier molecular flexibility index (Phi) is 5.54. The smallest absolute Gasteiger partial charge is 0.288 e. The van der Waals surface area contributed by atoms with Crippen LogP contribution in [0.5, 0.6) is 5.75 Å². The first-order chi connectivity index (χ1) is 14.8. The van der Waals surface area contributed by atoms with Crippen molar-refractivity contribution in [1.29, 1.82) is 0 Å². The van der Waals surface area contributed by atoms with Gasteiger partial charge in [0.05, 0.1) is 12.2 Å². The van der Waals surface area contributed by atoms with Crippen LogP contribution in [0, 0.1) is 11.6 Å². The van der Waals surface area contributed by atoms with E-state index in [2.05, 4.69) is 10.2 Å². The summed E-state index contributed by atoms with van der Waals surface area (Å²) in [5, 5.41) is 22.4. The number of halogens is 2. The fourth-order valence-corrected chi connectivity index (χ4v) is 4.39. The molecule has 1 N–H and O–H groups in total. The first kappa shape index (κ1) is 21.1. The molecule has 1 aromatic carbocycles. The normalized spacial score (nSPS) is 14.2. The molecule has 8 nitrogen and oxygen atoms in total. The predicted molar refractivity (Wildman–Crippen MR) is 110 cm³/mol. The minimum atomic E-state index is -0.726. The Hall–Kier alpha value is -3.18. The number of hydrazine groups is 1. The molecule has 0 radical (unpaired) electrons. The average molecular weight is 447 g/mol.